The monoisotopic (exact) mass is 654 g/mol. The van der Waals surface area contributed by atoms with Gasteiger partial charge in [-0.25, -0.2) is 0 Å². The molecule has 1 aliphatic heterocycles. The van der Waals surface area contributed by atoms with E-state index >= 15 is 0 Å². The highest BCUT2D eigenvalue weighted by molar-refractivity contribution is 9.10. The first-order valence-corrected chi connectivity index (χ1v) is 17.5. The van der Waals surface area contributed by atoms with Gasteiger partial charge in [0.05, 0.1) is 16.6 Å². The van der Waals surface area contributed by atoms with Crippen molar-refractivity contribution >= 4 is 54.7 Å². The lowest BCUT2D eigenvalue weighted by atomic mass is 9.68. The maximum atomic E-state index is 3.89. The molecule has 5 aromatic carbocycles. The molecule has 3 unspecified atom stereocenters. The highest BCUT2D eigenvalue weighted by atomic mass is 79.9. The van der Waals surface area contributed by atoms with Crippen LogP contribution in [-0.2, 0) is 5.41 Å². The largest absolute Gasteiger partial charge is 0.354 e. The quantitative estimate of drug-likeness (QED) is 0.175. The van der Waals surface area contributed by atoms with Gasteiger partial charge in [0.2, 0.25) is 0 Å². The second-order valence-corrected chi connectivity index (χ2v) is 14.5. The minimum absolute atomic E-state index is 0.311. The molecule has 6 aromatic rings. The molecule has 0 saturated carbocycles. The average molecular weight is 656 g/mol. The minimum Gasteiger partial charge on any atom is -0.354 e. The number of H-pyrrole nitrogens is 1. The maximum absolute atomic E-state index is 3.89. The van der Waals surface area contributed by atoms with Crippen LogP contribution < -0.4 is 4.90 Å². The van der Waals surface area contributed by atoms with Crippen LogP contribution >= 0.6 is 15.9 Å². The summed E-state index contributed by atoms with van der Waals surface area (Å²) in [7, 11) is 0. The topological polar surface area (TPSA) is 19.0 Å². The normalized spacial score (nSPS) is 23.2. The van der Waals surface area contributed by atoms with Crippen molar-refractivity contribution in [1.82, 2.24) is 4.98 Å². The zero-order valence-electron chi connectivity index (χ0n) is 25.4. The number of aromatic nitrogens is 1. The molecule has 0 fully saturated rings. The molecule has 5 aliphatic rings. The summed E-state index contributed by atoms with van der Waals surface area (Å²) in [4.78, 5) is 6.60. The van der Waals surface area contributed by atoms with Crippen LogP contribution in [0.3, 0.4) is 0 Å². The van der Waals surface area contributed by atoms with E-state index in [-0.39, 0.29) is 5.41 Å². The van der Waals surface area contributed by atoms with Crippen LogP contribution in [0.25, 0.3) is 38.5 Å². The van der Waals surface area contributed by atoms with Gasteiger partial charge >= 0.3 is 0 Å². The van der Waals surface area contributed by atoms with Crippen molar-refractivity contribution in [3.63, 3.8) is 0 Å². The Kier molecular flexibility index (Phi) is 5.01. The smallest absolute Gasteiger partial charge is 0.0690 e. The van der Waals surface area contributed by atoms with Gasteiger partial charge in [0.15, 0.2) is 0 Å². The summed E-state index contributed by atoms with van der Waals surface area (Å²) >= 11 is 3.73. The third-order valence-electron chi connectivity index (χ3n) is 11.6. The number of rotatable bonds is 1. The van der Waals surface area contributed by atoms with Gasteiger partial charge in [0.1, 0.15) is 0 Å². The van der Waals surface area contributed by atoms with Gasteiger partial charge < -0.3 is 9.88 Å². The Morgan fingerprint density at radius 3 is 2.54 bits per heavy atom. The lowest BCUT2D eigenvalue weighted by Crippen LogP contribution is -2.31. The van der Waals surface area contributed by atoms with Crippen LogP contribution in [0.4, 0.5) is 11.4 Å². The molecular formula is C43H31BrN2. The van der Waals surface area contributed by atoms with Crippen molar-refractivity contribution in [2.75, 3.05) is 4.90 Å². The van der Waals surface area contributed by atoms with Crippen molar-refractivity contribution in [2.24, 2.45) is 0 Å². The van der Waals surface area contributed by atoms with Crippen LogP contribution in [0.2, 0.25) is 0 Å². The average Bonchev–Trinajstić information content (AvgIpc) is 3.82. The fraction of sp³-hybridized carbons (Fsp3) is 0.163. The van der Waals surface area contributed by atoms with E-state index in [2.05, 4.69) is 147 Å². The second kappa shape index (κ2) is 9.02. The molecule has 0 bridgehead atoms. The molecule has 3 atom stereocenters. The summed E-state index contributed by atoms with van der Waals surface area (Å²) in [5, 5.41) is 2.56. The SMILES string of the molecule is Brc1ccc2[nH]c3c4c(ccc3c2c1)C1(C2=C(C=CCC2)c2c1ccc1c2N(c2ccccc2)C2CCC=CC12)c1ccccc1-4. The Morgan fingerprint density at radius 2 is 1.61 bits per heavy atom. The van der Waals surface area contributed by atoms with Crippen LogP contribution in [0.5, 0.6) is 0 Å². The number of anilines is 2. The van der Waals surface area contributed by atoms with E-state index in [1.165, 1.54) is 84.1 Å². The van der Waals surface area contributed by atoms with E-state index in [9.17, 15) is 0 Å². The van der Waals surface area contributed by atoms with E-state index in [1.54, 1.807) is 5.57 Å². The number of allylic oxidation sites excluding steroid dienone is 5. The summed E-state index contributed by atoms with van der Waals surface area (Å²) in [6, 6.07) is 37.3. The third kappa shape index (κ3) is 2.99. The lowest BCUT2D eigenvalue weighted by Gasteiger charge is -2.34. The number of aromatic amines is 1. The molecule has 1 spiro atoms. The van der Waals surface area contributed by atoms with Crippen LogP contribution in [-0.4, -0.2) is 11.0 Å². The highest BCUT2D eigenvalue weighted by Crippen LogP contribution is 2.67. The Morgan fingerprint density at radius 1 is 0.761 bits per heavy atom. The van der Waals surface area contributed by atoms with Gasteiger partial charge in [-0.15, -0.1) is 0 Å². The van der Waals surface area contributed by atoms with Gasteiger partial charge in [-0.05, 0) is 95.0 Å². The number of hydrogen-bond donors (Lipinski definition) is 1. The third-order valence-corrected chi connectivity index (χ3v) is 12.1. The zero-order valence-corrected chi connectivity index (χ0v) is 26.9. The summed E-state index contributed by atoms with van der Waals surface area (Å²) in [5.41, 5.74) is 17.9. The van der Waals surface area contributed by atoms with Crippen molar-refractivity contribution in [1.29, 1.82) is 0 Å². The van der Waals surface area contributed by atoms with Gasteiger partial charge in [0, 0.05) is 49.5 Å². The summed E-state index contributed by atoms with van der Waals surface area (Å²) in [5.74, 6) is 0.413. The molecule has 220 valence electrons. The molecule has 1 aromatic heterocycles. The van der Waals surface area contributed by atoms with Crippen molar-refractivity contribution < 1.29 is 0 Å². The molecule has 1 N–H and O–H groups in total. The summed E-state index contributed by atoms with van der Waals surface area (Å²) in [6.07, 6.45) is 14.2. The standard InChI is InChI=1S/C43H31BrN2/c44-25-18-23-37-32(24-25)28-19-21-35-39(41(28)45-37)30-13-4-7-15-33(30)43(35)34-16-8-5-14-31(34)40-36(43)22-20-29-27-12-6-9-17-38(27)46(42(29)40)26-10-2-1-3-11-26/h1-7,10-15,18-24,27,38,45H,8-9,16-17H2. The predicted octanol–water partition coefficient (Wildman–Crippen LogP) is 11.5. The van der Waals surface area contributed by atoms with E-state index in [1.807, 2.05) is 0 Å². The van der Waals surface area contributed by atoms with E-state index in [0.717, 1.165) is 23.7 Å². The van der Waals surface area contributed by atoms with Crippen LogP contribution in [0.1, 0.15) is 59.4 Å². The molecule has 46 heavy (non-hydrogen) atoms. The van der Waals surface area contributed by atoms with E-state index in [0.29, 0.717) is 12.0 Å². The Balaban J connectivity index is 1.27. The fourth-order valence-corrected chi connectivity index (χ4v) is 10.3. The fourth-order valence-electron chi connectivity index (χ4n) is 9.99. The first kappa shape index (κ1) is 25.6. The summed E-state index contributed by atoms with van der Waals surface area (Å²) < 4.78 is 1.11. The van der Waals surface area contributed by atoms with Crippen LogP contribution in [0.15, 0.2) is 131 Å². The maximum Gasteiger partial charge on any atom is 0.0690 e. The Bertz CT molecular complexity index is 2410. The van der Waals surface area contributed by atoms with Crippen molar-refractivity contribution in [3.8, 4) is 11.1 Å². The number of para-hydroxylation sites is 1. The van der Waals surface area contributed by atoms with E-state index in [4.69, 9.17) is 0 Å². The molecule has 3 heteroatoms. The molecule has 2 nitrogen and oxygen atoms in total. The molecule has 11 rings (SSSR count). The first-order valence-electron chi connectivity index (χ1n) is 16.7. The number of nitrogens with zero attached hydrogens (tertiary/aromatic N) is 1. The zero-order chi connectivity index (χ0) is 30.1. The second-order valence-electron chi connectivity index (χ2n) is 13.6. The first-order chi connectivity index (χ1) is 22.7. The molecular weight excluding hydrogens is 624 g/mol. The molecule has 0 radical (unpaired) electrons. The van der Waals surface area contributed by atoms with Crippen LogP contribution in [0, 0.1) is 0 Å². The molecule has 0 saturated heterocycles. The number of fused-ring (bicyclic) bond motifs is 17. The molecule has 2 heterocycles. The van der Waals surface area contributed by atoms with Gasteiger partial charge in [-0.3, -0.25) is 0 Å². The van der Waals surface area contributed by atoms with Gasteiger partial charge in [-0.1, -0.05) is 107 Å². The number of nitrogens with one attached hydrogen (secondary N) is 1. The number of hydrogen-bond acceptors (Lipinski definition) is 1. The number of benzene rings is 5. The Labute approximate surface area is 276 Å². The molecule has 0 amide bonds. The van der Waals surface area contributed by atoms with Gasteiger partial charge in [0.25, 0.3) is 0 Å². The minimum atomic E-state index is -0.311. The molecule has 4 aliphatic carbocycles. The number of halogens is 1. The Hall–Kier alpha value is -4.60. The highest BCUT2D eigenvalue weighted by Gasteiger charge is 2.55. The van der Waals surface area contributed by atoms with Crippen molar-refractivity contribution in [2.45, 2.75) is 43.1 Å². The van der Waals surface area contributed by atoms with E-state index < -0.39 is 0 Å². The summed E-state index contributed by atoms with van der Waals surface area (Å²) in [6.45, 7) is 0. The van der Waals surface area contributed by atoms with Gasteiger partial charge in [-0.2, -0.15) is 0 Å². The van der Waals surface area contributed by atoms with Crippen molar-refractivity contribution in [3.05, 3.63) is 159 Å². The lowest BCUT2D eigenvalue weighted by molar-refractivity contribution is 0.565. The predicted molar refractivity (Wildman–Crippen MR) is 194 cm³/mol.